The molecule has 0 spiro atoms. The summed E-state index contributed by atoms with van der Waals surface area (Å²) in [5, 5.41) is 4.08. The molecule has 23 heavy (non-hydrogen) atoms. The van der Waals surface area contributed by atoms with Crippen LogP contribution in [-0.4, -0.2) is 22.5 Å². The van der Waals surface area contributed by atoms with Gasteiger partial charge in [0.05, 0.1) is 5.69 Å². The van der Waals surface area contributed by atoms with E-state index in [0.29, 0.717) is 22.2 Å². The topological polar surface area (TPSA) is 66.0 Å². The molecule has 0 bridgehead atoms. The molecule has 0 aliphatic heterocycles. The van der Waals surface area contributed by atoms with Crippen LogP contribution < -0.4 is 16.2 Å². The Morgan fingerprint density at radius 3 is 2.65 bits per heavy atom. The van der Waals surface area contributed by atoms with E-state index in [0.717, 1.165) is 16.1 Å². The van der Waals surface area contributed by atoms with Crippen LogP contribution in [0.25, 0.3) is 10.6 Å². The van der Waals surface area contributed by atoms with Crippen LogP contribution >= 0.6 is 23.6 Å². The van der Waals surface area contributed by atoms with E-state index in [-0.39, 0.29) is 5.91 Å². The molecule has 0 atom stereocenters. The van der Waals surface area contributed by atoms with E-state index >= 15 is 0 Å². The lowest BCUT2D eigenvalue weighted by molar-refractivity contribution is 0.0947. The number of benzene rings is 1. The standard InChI is InChI=1S/C16H18N4OS2/c1-10(2)9-17-16(22)20-19-14(21)13-11(3)18-15(23-13)12-7-5-4-6-8-12/h4-8H,1,9H2,2-3H3,(H,19,21)(H2,17,20,22). The third kappa shape index (κ3) is 4.87. The fourth-order valence-electron chi connectivity index (χ4n) is 1.76. The number of amides is 1. The Kier molecular flexibility index (Phi) is 5.84. The van der Waals surface area contributed by atoms with Crippen molar-refractivity contribution in [2.24, 2.45) is 0 Å². The number of thiocarbonyl (C=S) groups is 1. The highest BCUT2D eigenvalue weighted by Gasteiger charge is 2.16. The molecule has 0 saturated carbocycles. The van der Waals surface area contributed by atoms with Gasteiger partial charge in [0.25, 0.3) is 5.91 Å². The van der Waals surface area contributed by atoms with Crippen molar-refractivity contribution in [1.29, 1.82) is 0 Å². The molecule has 2 aromatic rings. The summed E-state index contributed by atoms with van der Waals surface area (Å²) in [4.78, 5) is 17.3. The van der Waals surface area contributed by atoms with Crippen molar-refractivity contribution in [3.63, 3.8) is 0 Å². The second-order valence-electron chi connectivity index (χ2n) is 5.02. The number of carbonyl (C=O) groups is 1. The van der Waals surface area contributed by atoms with Crippen molar-refractivity contribution in [3.05, 3.63) is 53.1 Å². The van der Waals surface area contributed by atoms with Crippen LogP contribution in [-0.2, 0) is 0 Å². The predicted molar refractivity (Wildman–Crippen MR) is 98.3 cm³/mol. The lowest BCUT2D eigenvalue weighted by Crippen LogP contribution is -2.47. The average molecular weight is 346 g/mol. The largest absolute Gasteiger partial charge is 0.358 e. The number of rotatable bonds is 4. The van der Waals surface area contributed by atoms with Crippen molar-refractivity contribution in [1.82, 2.24) is 21.2 Å². The molecule has 5 nitrogen and oxygen atoms in total. The number of carbonyl (C=O) groups excluding carboxylic acids is 1. The predicted octanol–water partition coefficient (Wildman–Crippen LogP) is 2.80. The number of hydrogen-bond donors (Lipinski definition) is 3. The molecule has 1 aromatic carbocycles. The van der Waals surface area contributed by atoms with Gasteiger partial charge in [-0.3, -0.25) is 15.6 Å². The molecule has 0 unspecified atom stereocenters. The van der Waals surface area contributed by atoms with E-state index in [1.165, 1.54) is 11.3 Å². The van der Waals surface area contributed by atoms with Gasteiger partial charge in [-0.25, -0.2) is 4.98 Å². The normalized spacial score (nSPS) is 10.0. The van der Waals surface area contributed by atoms with Gasteiger partial charge in [0.15, 0.2) is 5.11 Å². The maximum absolute atomic E-state index is 12.2. The summed E-state index contributed by atoms with van der Waals surface area (Å²) >= 11 is 6.41. The Morgan fingerprint density at radius 2 is 2.00 bits per heavy atom. The molecule has 1 amide bonds. The molecule has 3 N–H and O–H groups in total. The smallest absolute Gasteiger partial charge is 0.281 e. The molecule has 0 fully saturated rings. The highest BCUT2D eigenvalue weighted by molar-refractivity contribution is 7.80. The van der Waals surface area contributed by atoms with Crippen molar-refractivity contribution < 1.29 is 4.79 Å². The highest BCUT2D eigenvalue weighted by atomic mass is 32.1. The maximum Gasteiger partial charge on any atom is 0.281 e. The van der Waals surface area contributed by atoms with Gasteiger partial charge in [-0.2, -0.15) is 0 Å². The van der Waals surface area contributed by atoms with Crippen molar-refractivity contribution in [2.75, 3.05) is 6.54 Å². The molecule has 7 heteroatoms. The van der Waals surface area contributed by atoms with Crippen LogP contribution in [0.15, 0.2) is 42.5 Å². The monoisotopic (exact) mass is 346 g/mol. The SMILES string of the molecule is C=C(C)CNC(=S)NNC(=O)c1sc(-c2ccccc2)nc1C. The number of thiazole rings is 1. The van der Waals surface area contributed by atoms with Crippen molar-refractivity contribution >= 4 is 34.6 Å². The zero-order chi connectivity index (χ0) is 16.8. The fraction of sp³-hybridized carbons (Fsp3) is 0.188. The number of aryl methyl sites for hydroxylation is 1. The summed E-state index contributed by atoms with van der Waals surface area (Å²) in [6.07, 6.45) is 0. The van der Waals surface area contributed by atoms with Crippen LogP contribution in [0.1, 0.15) is 22.3 Å². The number of nitrogens with one attached hydrogen (secondary N) is 3. The Balaban J connectivity index is 1.99. The van der Waals surface area contributed by atoms with Gasteiger partial charge in [-0.05, 0) is 26.1 Å². The van der Waals surface area contributed by atoms with Crippen LogP contribution in [0.3, 0.4) is 0 Å². The van der Waals surface area contributed by atoms with Gasteiger partial charge in [0, 0.05) is 12.1 Å². The molecule has 0 aliphatic rings. The number of hydrazine groups is 1. The summed E-state index contributed by atoms with van der Waals surface area (Å²) in [6.45, 7) is 8.03. The lowest BCUT2D eigenvalue weighted by Gasteiger charge is -2.10. The van der Waals surface area contributed by atoms with Gasteiger partial charge in [-0.15, -0.1) is 11.3 Å². The Morgan fingerprint density at radius 1 is 1.30 bits per heavy atom. The summed E-state index contributed by atoms with van der Waals surface area (Å²) in [6, 6.07) is 9.77. The first-order valence-corrected chi connectivity index (χ1v) is 8.21. The molecule has 0 saturated heterocycles. The quantitative estimate of drug-likeness (QED) is 0.451. The van der Waals surface area contributed by atoms with E-state index in [2.05, 4.69) is 27.7 Å². The Bertz CT molecular complexity index is 725. The van der Waals surface area contributed by atoms with Crippen LogP contribution in [0.5, 0.6) is 0 Å². The molecule has 0 radical (unpaired) electrons. The van der Waals surface area contributed by atoms with Crippen molar-refractivity contribution in [2.45, 2.75) is 13.8 Å². The minimum Gasteiger partial charge on any atom is -0.358 e. The first-order chi connectivity index (χ1) is 11.0. The zero-order valence-electron chi connectivity index (χ0n) is 13.0. The van der Waals surface area contributed by atoms with Gasteiger partial charge < -0.3 is 5.32 Å². The van der Waals surface area contributed by atoms with Gasteiger partial charge in [0.2, 0.25) is 0 Å². The number of aromatic nitrogens is 1. The summed E-state index contributed by atoms with van der Waals surface area (Å²) < 4.78 is 0. The fourth-order valence-corrected chi connectivity index (χ4v) is 2.85. The summed E-state index contributed by atoms with van der Waals surface area (Å²) in [5.74, 6) is -0.262. The van der Waals surface area contributed by atoms with E-state index in [1.54, 1.807) is 0 Å². The second-order valence-corrected chi connectivity index (χ2v) is 6.43. The average Bonchev–Trinajstić information content (AvgIpc) is 2.93. The van der Waals surface area contributed by atoms with E-state index in [4.69, 9.17) is 12.2 Å². The molecule has 1 heterocycles. The Hall–Kier alpha value is -2.25. The Labute approximate surface area is 144 Å². The first kappa shape index (κ1) is 17.1. The van der Waals surface area contributed by atoms with Crippen LogP contribution in [0, 0.1) is 6.92 Å². The van der Waals surface area contributed by atoms with Gasteiger partial charge in [0.1, 0.15) is 9.88 Å². The minimum absolute atomic E-state index is 0.262. The van der Waals surface area contributed by atoms with Crippen molar-refractivity contribution in [3.8, 4) is 10.6 Å². The number of hydrogen-bond acceptors (Lipinski definition) is 4. The second kappa shape index (κ2) is 7.85. The zero-order valence-corrected chi connectivity index (χ0v) is 14.6. The van der Waals surface area contributed by atoms with Crippen LogP contribution in [0.4, 0.5) is 0 Å². The first-order valence-electron chi connectivity index (χ1n) is 6.99. The van der Waals surface area contributed by atoms with E-state index < -0.39 is 0 Å². The number of nitrogens with zero attached hydrogens (tertiary/aromatic N) is 1. The molecular weight excluding hydrogens is 328 g/mol. The summed E-state index contributed by atoms with van der Waals surface area (Å²) in [5.41, 5.74) is 7.88. The molecule has 120 valence electrons. The van der Waals surface area contributed by atoms with Gasteiger partial charge in [-0.1, -0.05) is 42.5 Å². The third-order valence-electron chi connectivity index (χ3n) is 2.86. The molecular formula is C16H18N4OS2. The van der Waals surface area contributed by atoms with Gasteiger partial charge >= 0.3 is 0 Å². The van der Waals surface area contributed by atoms with E-state index in [9.17, 15) is 4.79 Å². The van der Waals surface area contributed by atoms with E-state index in [1.807, 2.05) is 44.2 Å². The third-order valence-corrected chi connectivity index (χ3v) is 4.32. The molecule has 1 aromatic heterocycles. The van der Waals surface area contributed by atoms with Crippen LogP contribution in [0.2, 0.25) is 0 Å². The minimum atomic E-state index is -0.262. The molecule has 0 aliphatic carbocycles. The maximum atomic E-state index is 12.2. The highest BCUT2D eigenvalue weighted by Crippen LogP contribution is 2.27. The molecule has 2 rings (SSSR count). The summed E-state index contributed by atoms with van der Waals surface area (Å²) in [7, 11) is 0. The lowest BCUT2D eigenvalue weighted by atomic mass is 10.2.